The highest BCUT2D eigenvalue weighted by Gasteiger charge is 2.20. The summed E-state index contributed by atoms with van der Waals surface area (Å²) in [6, 6.07) is 7.53. The van der Waals surface area contributed by atoms with Crippen LogP contribution in [0.5, 0.6) is 5.75 Å². The Bertz CT molecular complexity index is 307. The number of alkyl halides is 1. The molecule has 15 heavy (non-hydrogen) atoms. The van der Waals surface area contributed by atoms with Crippen LogP contribution in [0.25, 0.3) is 0 Å². The van der Waals surface area contributed by atoms with Crippen molar-refractivity contribution in [1.29, 1.82) is 0 Å². The summed E-state index contributed by atoms with van der Waals surface area (Å²) >= 11 is 6.16. The van der Waals surface area contributed by atoms with Crippen LogP contribution in [0.4, 0.5) is 0 Å². The topological polar surface area (TPSA) is 20.2 Å². The molecule has 0 amide bonds. The minimum absolute atomic E-state index is 0.345. The van der Waals surface area contributed by atoms with Crippen LogP contribution in [0.2, 0.25) is 0 Å². The maximum atomic E-state index is 9.18. The number of phenols is 1. The second-order valence-corrected chi connectivity index (χ2v) is 5.12. The smallest absolute Gasteiger partial charge is 0.115 e. The van der Waals surface area contributed by atoms with Gasteiger partial charge < -0.3 is 5.11 Å². The molecule has 82 valence electrons. The van der Waals surface area contributed by atoms with Gasteiger partial charge in [-0.2, -0.15) is 0 Å². The molecule has 2 unspecified atom stereocenters. The fourth-order valence-electron chi connectivity index (χ4n) is 2.38. The standard InChI is InChI=1S/C13H17ClO/c14-12-3-1-2-11(9-12)8-10-4-6-13(15)7-5-10/h4-7,11-12,15H,1-3,8-9H2. The summed E-state index contributed by atoms with van der Waals surface area (Å²) in [5.41, 5.74) is 1.31. The van der Waals surface area contributed by atoms with E-state index in [0.29, 0.717) is 11.1 Å². The molecule has 1 aromatic carbocycles. The molecule has 0 spiro atoms. The van der Waals surface area contributed by atoms with E-state index < -0.39 is 0 Å². The van der Waals surface area contributed by atoms with E-state index in [4.69, 9.17) is 11.6 Å². The van der Waals surface area contributed by atoms with Gasteiger partial charge in [-0.05, 0) is 42.9 Å². The molecule has 0 heterocycles. The molecule has 1 N–H and O–H groups in total. The van der Waals surface area contributed by atoms with Gasteiger partial charge in [0.25, 0.3) is 0 Å². The van der Waals surface area contributed by atoms with Gasteiger partial charge in [0.1, 0.15) is 5.75 Å². The van der Waals surface area contributed by atoms with E-state index in [0.717, 1.165) is 18.8 Å². The molecule has 0 bridgehead atoms. The Hall–Kier alpha value is -0.690. The van der Waals surface area contributed by atoms with Crippen molar-refractivity contribution in [2.24, 2.45) is 5.92 Å². The van der Waals surface area contributed by atoms with Crippen molar-refractivity contribution in [3.63, 3.8) is 0 Å². The van der Waals surface area contributed by atoms with Crippen LogP contribution in [0.15, 0.2) is 24.3 Å². The lowest BCUT2D eigenvalue weighted by atomic mass is 9.84. The molecule has 1 aliphatic rings. The lowest BCUT2D eigenvalue weighted by Crippen LogP contribution is -2.17. The zero-order chi connectivity index (χ0) is 10.7. The number of rotatable bonds is 2. The van der Waals surface area contributed by atoms with Crippen molar-refractivity contribution >= 4 is 11.6 Å². The third-order valence-corrected chi connectivity index (χ3v) is 3.58. The monoisotopic (exact) mass is 224 g/mol. The molecule has 0 aliphatic heterocycles. The molecular formula is C13H17ClO. The average Bonchev–Trinajstić information content (AvgIpc) is 2.22. The van der Waals surface area contributed by atoms with Crippen molar-refractivity contribution in [1.82, 2.24) is 0 Å². The summed E-state index contributed by atoms with van der Waals surface area (Å²) in [6.07, 6.45) is 5.97. The van der Waals surface area contributed by atoms with Crippen LogP contribution in [-0.4, -0.2) is 10.5 Å². The van der Waals surface area contributed by atoms with E-state index in [1.807, 2.05) is 12.1 Å². The number of phenolic OH excluding ortho intramolecular Hbond substituents is 1. The third-order valence-electron chi connectivity index (χ3n) is 3.18. The minimum Gasteiger partial charge on any atom is -0.508 e. The van der Waals surface area contributed by atoms with E-state index in [2.05, 4.69) is 0 Å². The predicted molar refractivity (Wildman–Crippen MR) is 63.4 cm³/mol. The van der Waals surface area contributed by atoms with E-state index in [1.54, 1.807) is 12.1 Å². The summed E-state index contributed by atoms with van der Waals surface area (Å²) in [5, 5.41) is 9.56. The normalized spacial score (nSPS) is 26.5. The first kappa shape index (κ1) is 10.8. The first-order chi connectivity index (χ1) is 7.24. The summed E-state index contributed by atoms with van der Waals surface area (Å²) < 4.78 is 0. The maximum Gasteiger partial charge on any atom is 0.115 e. The van der Waals surface area contributed by atoms with Crippen molar-refractivity contribution in [3.05, 3.63) is 29.8 Å². The Labute approximate surface area is 96.1 Å². The molecule has 1 aromatic rings. The Kier molecular flexibility index (Phi) is 3.53. The largest absolute Gasteiger partial charge is 0.508 e. The van der Waals surface area contributed by atoms with Crippen molar-refractivity contribution in [3.8, 4) is 5.75 Å². The van der Waals surface area contributed by atoms with Gasteiger partial charge in [-0.1, -0.05) is 25.0 Å². The van der Waals surface area contributed by atoms with Crippen LogP contribution >= 0.6 is 11.6 Å². The first-order valence-electron chi connectivity index (χ1n) is 5.66. The van der Waals surface area contributed by atoms with Gasteiger partial charge >= 0.3 is 0 Å². The lowest BCUT2D eigenvalue weighted by molar-refractivity contribution is 0.361. The zero-order valence-electron chi connectivity index (χ0n) is 8.82. The van der Waals surface area contributed by atoms with Gasteiger partial charge in [0.15, 0.2) is 0 Å². The highest BCUT2D eigenvalue weighted by atomic mass is 35.5. The van der Waals surface area contributed by atoms with E-state index in [9.17, 15) is 5.11 Å². The van der Waals surface area contributed by atoms with Crippen LogP contribution in [-0.2, 0) is 6.42 Å². The summed E-state index contributed by atoms with van der Waals surface area (Å²) in [6.45, 7) is 0. The number of benzene rings is 1. The minimum atomic E-state index is 0.345. The Balaban J connectivity index is 1.93. The third kappa shape index (κ3) is 3.13. The van der Waals surface area contributed by atoms with Gasteiger partial charge in [-0.15, -0.1) is 11.6 Å². The van der Waals surface area contributed by atoms with Gasteiger partial charge in [-0.25, -0.2) is 0 Å². The number of aromatic hydroxyl groups is 1. The molecule has 2 atom stereocenters. The van der Waals surface area contributed by atoms with Crippen molar-refractivity contribution in [2.75, 3.05) is 0 Å². The quantitative estimate of drug-likeness (QED) is 0.759. The van der Waals surface area contributed by atoms with Gasteiger partial charge in [0, 0.05) is 5.38 Å². The molecule has 1 nitrogen and oxygen atoms in total. The lowest BCUT2D eigenvalue weighted by Gasteiger charge is -2.25. The summed E-state index contributed by atoms with van der Waals surface area (Å²) in [7, 11) is 0. The average molecular weight is 225 g/mol. The predicted octanol–water partition coefficient (Wildman–Crippen LogP) is 3.73. The Morgan fingerprint density at radius 2 is 1.93 bits per heavy atom. The molecule has 0 saturated heterocycles. The fraction of sp³-hybridized carbons (Fsp3) is 0.538. The van der Waals surface area contributed by atoms with Crippen LogP contribution < -0.4 is 0 Å². The van der Waals surface area contributed by atoms with Crippen LogP contribution in [0, 0.1) is 5.92 Å². The number of hydrogen-bond acceptors (Lipinski definition) is 1. The summed E-state index contributed by atoms with van der Waals surface area (Å²) in [4.78, 5) is 0. The molecule has 1 fully saturated rings. The fourth-order valence-corrected chi connectivity index (χ4v) is 2.78. The maximum absolute atomic E-state index is 9.18. The molecule has 0 radical (unpaired) electrons. The van der Waals surface area contributed by atoms with Crippen molar-refractivity contribution in [2.45, 2.75) is 37.5 Å². The molecular weight excluding hydrogens is 208 g/mol. The van der Waals surface area contributed by atoms with E-state index in [1.165, 1.54) is 24.8 Å². The van der Waals surface area contributed by atoms with Gasteiger partial charge in [0.05, 0.1) is 0 Å². The second-order valence-electron chi connectivity index (χ2n) is 4.50. The van der Waals surface area contributed by atoms with Crippen LogP contribution in [0.1, 0.15) is 31.2 Å². The highest BCUT2D eigenvalue weighted by molar-refractivity contribution is 6.20. The number of hydrogen-bond donors (Lipinski definition) is 1. The summed E-state index contributed by atoms with van der Waals surface area (Å²) in [5.74, 6) is 1.07. The highest BCUT2D eigenvalue weighted by Crippen LogP contribution is 2.30. The van der Waals surface area contributed by atoms with E-state index >= 15 is 0 Å². The van der Waals surface area contributed by atoms with Gasteiger partial charge in [0.2, 0.25) is 0 Å². The molecule has 2 rings (SSSR count). The molecule has 2 heteroatoms. The van der Waals surface area contributed by atoms with Gasteiger partial charge in [-0.3, -0.25) is 0 Å². The Morgan fingerprint density at radius 1 is 1.20 bits per heavy atom. The van der Waals surface area contributed by atoms with Crippen molar-refractivity contribution < 1.29 is 5.11 Å². The molecule has 0 aromatic heterocycles. The second kappa shape index (κ2) is 4.89. The molecule has 1 saturated carbocycles. The number of halogens is 1. The van der Waals surface area contributed by atoms with Crippen LogP contribution in [0.3, 0.4) is 0 Å². The first-order valence-corrected chi connectivity index (χ1v) is 6.09. The van der Waals surface area contributed by atoms with E-state index in [-0.39, 0.29) is 0 Å². The zero-order valence-corrected chi connectivity index (χ0v) is 9.58. The molecule has 1 aliphatic carbocycles. The SMILES string of the molecule is Oc1ccc(CC2CCCC(Cl)C2)cc1. The Morgan fingerprint density at radius 3 is 2.60 bits per heavy atom.